The highest BCUT2D eigenvalue weighted by Gasteiger charge is 2.14. The van der Waals surface area contributed by atoms with Gasteiger partial charge in [-0.1, -0.05) is 43.7 Å². The van der Waals surface area contributed by atoms with Crippen LogP contribution in [-0.4, -0.2) is 23.1 Å². The Balaban J connectivity index is 2.37. The Bertz CT molecular complexity index is 598. The summed E-state index contributed by atoms with van der Waals surface area (Å²) in [7, 11) is 0. The quantitative estimate of drug-likeness (QED) is 0.618. The van der Waals surface area contributed by atoms with Gasteiger partial charge >= 0.3 is 0 Å². The molecular formula is C18H27N5. The minimum absolute atomic E-state index is 0.311. The summed E-state index contributed by atoms with van der Waals surface area (Å²) >= 11 is 0. The van der Waals surface area contributed by atoms with Crippen molar-refractivity contribution in [1.82, 2.24) is 9.97 Å². The van der Waals surface area contributed by atoms with Gasteiger partial charge in [-0.25, -0.2) is 4.98 Å². The monoisotopic (exact) mass is 313 g/mol. The summed E-state index contributed by atoms with van der Waals surface area (Å²) in [6, 6.07) is 10.2. The van der Waals surface area contributed by atoms with Crippen LogP contribution in [0, 0.1) is 0 Å². The molecule has 0 amide bonds. The molecule has 0 aliphatic carbocycles. The Kier molecular flexibility index (Phi) is 6.81. The van der Waals surface area contributed by atoms with Gasteiger partial charge in [0.15, 0.2) is 0 Å². The summed E-state index contributed by atoms with van der Waals surface area (Å²) in [5, 5.41) is 3.43. The molecule has 0 saturated carbocycles. The number of hydrogen-bond donors (Lipinski definition) is 3. The second kappa shape index (κ2) is 9.10. The van der Waals surface area contributed by atoms with Crippen LogP contribution in [0.5, 0.6) is 0 Å². The SMILES string of the molecule is CCCCNc1nc(N)nc(-c2ccccc2)c1CCCCN. The number of unbranched alkanes of at least 4 members (excludes halogenated alkanes) is 2. The van der Waals surface area contributed by atoms with E-state index in [4.69, 9.17) is 11.5 Å². The van der Waals surface area contributed by atoms with E-state index in [2.05, 4.69) is 34.3 Å². The van der Waals surface area contributed by atoms with E-state index >= 15 is 0 Å². The van der Waals surface area contributed by atoms with Crippen molar-refractivity contribution in [3.63, 3.8) is 0 Å². The molecule has 2 rings (SSSR count). The lowest BCUT2D eigenvalue weighted by Crippen LogP contribution is -2.11. The molecule has 0 aliphatic rings. The predicted octanol–water partition coefficient (Wildman–Crippen LogP) is 3.22. The molecule has 0 fully saturated rings. The first-order valence-electron chi connectivity index (χ1n) is 8.42. The van der Waals surface area contributed by atoms with Gasteiger partial charge in [0.05, 0.1) is 5.69 Å². The fourth-order valence-corrected chi connectivity index (χ4v) is 2.55. The van der Waals surface area contributed by atoms with Crippen LogP contribution < -0.4 is 16.8 Å². The summed E-state index contributed by atoms with van der Waals surface area (Å²) in [6.45, 7) is 3.77. The molecule has 0 unspecified atom stereocenters. The van der Waals surface area contributed by atoms with Crippen LogP contribution in [0.25, 0.3) is 11.3 Å². The lowest BCUT2D eigenvalue weighted by atomic mass is 10.0. The smallest absolute Gasteiger partial charge is 0.222 e. The number of nitrogens with one attached hydrogen (secondary N) is 1. The van der Waals surface area contributed by atoms with E-state index in [0.717, 1.165) is 61.3 Å². The lowest BCUT2D eigenvalue weighted by Gasteiger charge is -2.15. The number of aromatic nitrogens is 2. The maximum atomic E-state index is 5.94. The van der Waals surface area contributed by atoms with Gasteiger partial charge in [-0.15, -0.1) is 0 Å². The van der Waals surface area contributed by atoms with Gasteiger partial charge in [0.25, 0.3) is 0 Å². The molecule has 5 N–H and O–H groups in total. The van der Waals surface area contributed by atoms with Crippen molar-refractivity contribution < 1.29 is 0 Å². The largest absolute Gasteiger partial charge is 0.370 e. The highest BCUT2D eigenvalue weighted by molar-refractivity contribution is 5.70. The first kappa shape index (κ1) is 17.2. The number of nitrogens with zero attached hydrogens (tertiary/aromatic N) is 2. The number of nitrogens with two attached hydrogens (primary N) is 2. The van der Waals surface area contributed by atoms with Crippen molar-refractivity contribution in [2.24, 2.45) is 5.73 Å². The third-order valence-electron chi connectivity index (χ3n) is 3.78. The van der Waals surface area contributed by atoms with E-state index in [1.165, 1.54) is 0 Å². The van der Waals surface area contributed by atoms with E-state index < -0.39 is 0 Å². The van der Waals surface area contributed by atoms with Gasteiger partial charge in [-0.05, 0) is 32.2 Å². The fraction of sp³-hybridized carbons (Fsp3) is 0.444. The molecular weight excluding hydrogens is 286 g/mol. The van der Waals surface area contributed by atoms with Gasteiger partial charge in [-0.2, -0.15) is 4.98 Å². The molecule has 1 heterocycles. The predicted molar refractivity (Wildman–Crippen MR) is 97.3 cm³/mol. The molecule has 5 heteroatoms. The molecule has 5 nitrogen and oxygen atoms in total. The highest BCUT2D eigenvalue weighted by atomic mass is 15.1. The first-order valence-corrected chi connectivity index (χ1v) is 8.42. The molecule has 0 spiro atoms. The summed E-state index contributed by atoms with van der Waals surface area (Å²) < 4.78 is 0. The average molecular weight is 313 g/mol. The topological polar surface area (TPSA) is 89.8 Å². The summed E-state index contributed by atoms with van der Waals surface area (Å²) in [5.41, 5.74) is 14.7. The molecule has 2 aromatic rings. The minimum atomic E-state index is 0.311. The summed E-state index contributed by atoms with van der Waals surface area (Å²) in [5.74, 6) is 1.17. The Labute approximate surface area is 138 Å². The van der Waals surface area contributed by atoms with Crippen LogP contribution >= 0.6 is 0 Å². The maximum absolute atomic E-state index is 5.94. The number of anilines is 2. The van der Waals surface area contributed by atoms with Gasteiger partial charge in [0.1, 0.15) is 5.82 Å². The molecule has 0 radical (unpaired) electrons. The van der Waals surface area contributed by atoms with Crippen LogP contribution in [-0.2, 0) is 6.42 Å². The van der Waals surface area contributed by atoms with Gasteiger partial charge in [-0.3, -0.25) is 0 Å². The average Bonchev–Trinajstić information content (AvgIpc) is 2.57. The number of rotatable bonds is 9. The second-order valence-corrected chi connectivity index (χ2v) is 5.65. The van der Waals surface area contributed by atoms with E-state index in [9.17, 15) is 0 Å². The van der Waals surface area contributed by atoms with Crippen LogP contribution in [0.3, 0.4) is 0 Å². The van der Waals surface area contributed by atoms with Crippen molar-refractivity contribution >= 4 is 11.8 Å². The highest BCUT2D eigenvalue weighted by Crippen LogP contribution is 2.28. The molecule has 124 valence electrons. The van der Waals surface area contributed by atoms with E-state index in [0.29, 0.717) is 12.5 Å². The van der Waals surface area contributed by atoms with Gasteiger partial charge in [0.2, 0.25) is 5.95 Å². The molecule has 1 aromatic heterocycles. The zero-order valence-electron chi connectivity index (χ0n) is 13.9. The third-order valence-corrected chi connectivity index (χ3v) is 3.78. The van der Waals surface area contributed by atoms with E-state index in [-0.39, 0.29) is 0 Å². The molecule has 23 heavy (non-hydrogen) atoms. The van der Waals surface area contributed by atoms with Crippen molar-refractivity contribution in [2.75, 3.05) is 24.1 Å². The molecule has 0 atom stereocenters. The van der Waals surface area contributed by atoms with Crippen LogP contribution in [0.15, 0.2) is 30.3 Å². The lowest BCUT2D eigenvalue weighted by molar-refractivity contribution is 0.741. The van der Waals surface area contributed by atoms with Crippen molar-refractivity contribution in [3.8, 4) is 11.3 Å². The third kappa shape index (κ3) is 4.93. The zero-order chi connectivity index (χ0) is 16.5. The zero-order valence-corrected chi connectivity index (χ0v) is 13.9. The molecule has 0 aliphatic heterocycles. The number of nitrogen functional groups attached to an aromatic ring is 1. The maximum Gasteiger partial charge on any atom is 0.222 e. The number of hydrogen-bond acceptors (Lipinski definition) is 5. The van der Waals surface area contributed by atoms with Crippen LogP contribution in [0.2, 0.25) is 0 Å². The standard InChI is InChI=1S/C18H27N5/c1-2-3-13-21-17-15(11-7-8-12-19)16(22-18(20)23-17)14-9-5-4-6-10-14/h4-6,9-10H,2-3,7-8,11-13,19H2,1H3,(H3,20,21,22,23). The molecule has 0 bridgehead atoms. The first-order chi connectivity index (χ1) is 11.3. The minimum Gasteiger partial charge on any atom is -0.370 e. The van der Waals surface area contributed by atoms with Crippen molar-refractivity contribution in [1.29, 1.82) is 0 Å². The van der Waals surface area contributed by atoms with E-state index in [1.807, 2.05) is 18.2 Å². The van der Waals surface area contributed by atoms with Gasteiger partial charge in [0, 0.05) is 17.7 Å². The summed E-state index contributed by atoms with van der Waals surface area (Å²) in [4.78, 5) is 8.94. The fourth-order valence-electron chi connectivity index (χ4n) is 2.55. The number of benzene rings is 1. The van der Waals surface area contributed by atoms with Crippen molar-refractivity contribution in [2.45, 2.75) is 39.0 Å². The van der Waals surface area contributed by atoms with E-state index in [1.54, 1.807) is 0 Å². The Morgan fingerprint density at radius 3 is 2.52 bits per heavy atom. The van der Waals surface area contributed by atoms with Crippen LogP contribution in [0.4, 0.5) is 11.8 Å². The second-order valence-electron chi connectivity index (χ2n) is 5.65. The molecule has 1 aromatic carbocycles. The molecule has 0 saturated heterocycles. The van der Waals surface area contributed by atoms with Crippen molar-refractivity contribution in [3.05, 3.63) is 35.9 Å². The van der Waals surface area contributed by atoms with Gasteiger partial charge < -0.3 is 16.8 Å². The van der Waals surface area contributed by atoms with Crippen LogP contribution in [0.1, 0.15) is 38.2 Å². The summed E-state index contributed by atoms with van der Waals surface area (Å²) in [6.07, 6.45) is 5.16. The Morgan fingerprint density at radius 1 is 1.04 bits per heavy atom. The Hall–Kier alpha value is -2.14. The normalized spacial score (nSPS) is 10.7. The Morgan fingerprint density at radius 2 is 1.83 bits per heavy atom.